The third kappa shape index (κ3) is 4.57. The van der Waals surface area contributed by atoms with Crippen LogP contribution in [0.4, 0.5) is 0 Å². The second kappa shape index (κ2) is 6.40. The summed E-state index contributed by atoms with van der Waals surface area (Å²) >= 11 is 0. The second-order valence-corrected chi connectivity index (χ2v) is 4.55. The number of aliphatic carboxylic acids is 1. The normalized spacial score (nSPS) is 10.5. The van der Waals surface area contributed by atoms with E-state index in [1.165, 1.54) is 22.3 Å². The zero-order valence-electron chi connectivity index (χ0n) is 10.8. The van der Waals surface area contributed by atoms with Crippen LogP contribution in [0.25, 0.3) is 0 Å². The lowest BCUT2D eigenvalue weighted by Gasteiger charge is -2.12. The average molecular weight is 235 g/mol. The molecule has 0 aliphatic heterocycles. The lowest BCUT2D eigenvalue weighted by atomic mass is 10.00. The van der Waals surface area contributed by atoms with Crippen molar-refractivity contribution in [2.24, 2.45) is 0 Å². The Morgan fingerprint density at radius 1 is 1.24 bits per heavy atom. The van der Waals surface area contributed by atoms with Crippen LogP contribution in [0, 0.1) is 20.8 Å². The van der Waals surface area contributed by atoms with Crippen LogP contribution in [0.2, 0.25) is 0 Å². The molecule has 17 heavy (non-hydrogen) atoms. The standard InChI is InChI=1S/C14H21NO2/c1-10-7-11(2)13(12(3)8-10)9-15-6-4-5-14(16)17/h7-8,15H,4-6,9H2,1-3H3,(H,16,17). The lowest BCUT2D eigenvalue weighted by Crippen LogP contribution is -2.17. The highest BCUT2D eigenvalue weighted by atomic mass is 16.4. The Bertz CT molecular complexity index is 376. The van der Waals surface area contributed by atoms with E-state index in [0.29, 0.717) is 6.42 Å². The number of carbonyl (C=O) groups is 1. The molecule has 0 fully saturated rings. The van der Waals surface area contributed by atoms with Crippen LogP contribution in [0.1, 0.15) is 35.1 Å². The molecule has 0 radical (unpaired) electrons. The van der Waals surface area contributed by atoms with Crippen LogP contribution < -0.4 is 5.32 Å². The minimum Gasteiger partial charge on any atom is -0.481 e. The van der Waals surface area contributed by atoms with E-state index >= 15 is 0 Å². The molecule has 0 saturated heterocycles. The Hall–Kier alpha value is -1.35. The van der Waals surface area contributed by atoms with E-state index in [-0.39, 0.29) is 6.42 Å². The van der Waals surface area contributed by atoms with E-state index in [2.05, 4.69) is 38.2 Å². The molecule has 0 bridgehead atoms. The van der Waals surface area contributed by atoms with Gasteiger partial charge in [0.15, 0.2) is 0 Å². The summed E-state index contributed by atoms with van der Waals surface area (Å²) in [6.45, 7) is 7.91. The number of hydrogen-bond acceptors (Lipinski definition) is 2. The first-order chi connectivity index (χ1) is 8.00. The topological polar surface area (TPSA) is 49.3 Å². The van der Waals surface area contributed by atoms with Crippen molar-refractivity contribution < 1.29 is 9.90 Å². The van der Waals surface area contributed by atoms with Crippen LogP contribution in [0.5, 0.6) is 0 Å². The molecule has 0 unspecified atom stereocenters. The fourth-order valence-corrected chi connectivity index (χ4v) is 2.07. The molecule has 0 aromatic heterocycles. The maximum atomic E-state index is 10.4. The van der Waals surface area contributed by atoms with Gasteiger partial charge in [-0.15, -0.1) is 0 Å². The smallest absolute Gasteiger partial charge is 0.303 e. The second-order valence-electron chi connectivity index (χ2n) is 4.55. The molecule has 0 heterocycles. The Morgan fingerprint density at radius 3 is 2.35 bits per heavy atom. The highest BCUT2D eigenvalue weighted by Crippen LogP contribution is 2.15. The molecule has 1 aromatic carbocycles. The van der Waals surface area contributed by atoms with Crippen molar-refractivity contribution in [1.29, 1.82) is 0 Å². The average Bonchev–Trinajstić information content (AvgIpc) is 2.20. The Kier molecular flexibility index (Phi) is 5.16. The highest BCUT2D eigenvalue weighted by Gasteiger charge is 2.03. The van der Waals surface area contributed by atoms with E-state index in [1.54, 1.807) is 0 Å². The van der Waals surface area contributed by atoms with Gasteiger partial charge in [-0.3, -0.25) is 4.79 Å². The number of aryl methyl sites for hydroxylation is 3. The molecule has 0 aliphatic rings. The molecule has 0 amide bonds. The van der Waals surface area contributed by atoms with Crippen LogP contribution in [-0.4, -0.2) is 17.6 Å². The van der Waals surface area contributed by atoms with Crippen molar-refractivity contribution in [3.05, 3.63) is 34.4 Å². The third-order valence-electron chi connectivity index (χ3n) is 2.89. The predicted octanol–water partition coefficient (Wildman–Crippen LogP) is 2.57. The fourth-order valence-electron chi connectivity index (χ4n) is 2.07. The summed E-state index contributed by atoms with van der Waals surface area (Å²) in [5, 5.41) is 11.8. The number of nitrogens with one attached hydrogen (secondary N) is 1. The summed E-state index contributed by atoms with van der Waals surface area (Å²) in [5.41, 5.74) is 5.21. The molecule has 2 N–H and O–H groups in total. The molecule has 1 rings (SSSR count). The van der Waals surface area contributed by atoms with Crippen molar-refractivity contribution in [2.75, 3.05) is 6.54 Å². The van der Waals surface area contributed by atoms with Gasteiger partial charge in [-0.2, -0.15) is 0 Å². The molecule has 3 nitrogen and oxygen atoms in total. The van der Waals surface area contributed by atoms with E-state index < -0.39 is 5.97 Å². The van der Waals surface area contributed by atoms with Crippen molar-refractivity contribution >= 4 is 5.97 Å². The zero-order valence-corrected chi connectivity index (χ0v) is 10.8. The van der Waals surface area contributed by atoms with Gasteiger partial charge < -0.3 is 10.4 Å². The summed E-state index contributed by atoms with van der Waals surface area (Å²) < 4.78 is 0. The van der Waals surface area contributed by atoms with Gasteiger partial charge >= 0.3 is 5.97 Å². The first kappa shape index (κ1) is 13.7. The first-order valence-electron chi connectivity index (χ1n) is 6.00. The molecular weight excluding hydrogens is 214 g/mol. The van der Waals surface area contributed by atoms with E-state index in [0.717, 1.165) is 13.1 Å². The van der Waals surface area contributed by atoms with Gasteiger partial charge in [-0.1, -0.05) is 17.7 Å². The molecule has 0 spiro atoms. The van der Waals surface area contributed by atoms with Crippen LogP contribution in [0.15, 0.2) is 12.1 Å². The number of rotatable bonds is 6. The number of carboxylic acids is 1. The largest absolute Gasteiger partial charge is 0.481 e. The highest BCUT2D eigenvalue weighted by molar-refractivity contribution is 5.66. The minimum atomic E-state index is -0.727. The van der Waals surface area contributed by atoms with E-state index in [9.17, 15) is 4.79 Å². The van der Waals surface area contributed by atoms with Crippen molar-refractivity contribution in [3.63, 3.8) is 0 Å². The van der Waals surface area contributed by atoms with Gasteiger partial charge in [0.05, 0.1) is 0 Å². The van der Waals surface area contributed by atoms with Gasteiger partial charge in [0.2, 0.25) is 0 Å². The Morgan fingerprint density at radius 2 is 1.82 bits per heavy atom. The predicted molar refractivity (Wildman–Crippen MR) is 69.2 cm³/mol. The fraction of sp³-hybridized carbons (Fsp3) is 0.500. The van der Waals surface area contributed by atoms with E-state index in [4.69, 9.17) is 5.11 Å². The summed E-state index contributed by atoms with van der Waals surface area (Å²) in [6, 6.07) is 4.36. The minimum absolute atomic E-state index is 0.235. The van der Waals surface area contributed by atoms with Gasteiger partial charge in [-0.05, 0) is 50.4 Å². The molecule has 0 saturated carbocycles. The maximum Gasteiger partial charge on any atom is 0.303 e. The van der Waals surface area contributed by atoms with Crippen molar-refractivity contribution in [2.45, 2.75) is 40.2 Å². The van der Waals surface area contributed by atoms with Crippen LogP contribution >= 0.6 is 0 Å². The lowest BCUT2D eigenvalue weighted by molar-refractivity contribution is -0.137. The number of hydrogen-bond donors (Lipinski definition) is 2. The summed E-state index contributed by atoms with van der Waals surface area (Å²) in [5.74, 6) is -0.727. The van der Waals surface area contributed by atoms with E-state index in [1.807, 2.05) is 0 Å². The van der Waals surface area contributed by atoms with Crippen LogP contribution in [0.3, 0.4) is 0 Å². The van der Waals surface area contributed by atoms with Gasteiger partial charge in [-0.25, -0.2) is 0 Å². The monoisotopic (exact) mass is 235 g/mol. The van der Waals surface area contributed by atoms with Crippen molar-refractivity contribution in [1.82, 2.24) is 5.32 Å². The SMILES string of the molecule is Cc1cc(C)c(CNCCCC(=O)O)c(C)c1. The summed E-state index contributed by atoms with van der Waals surface area (Å²) in [7, 11) is 0. The first-order valence-corrected chi connectivity index (χ1v) is 6.00. The Balaban J connectivity index is 2.44. The molecule has 0 atom stereocenters. The number of benzene rings is 1. The van der Waals surface area contributed by atoms with Crippen LogP contribution in [-0.2, 0) is 11.3 Å². The third-order valence-corrected chi connectivity index (χ3v) is 2.89. The quantitative estimate of drug-likeness (QED) is 0.745. The molecule has 94 valence electrons. The molecule has 0 aliphatic carbocycles. The molecular formula is C14H21NO2. The molecule has 1 aromatic rings. The van der Waals surface area contributed by atoms with Gasteiger partial charge in [0, 0.05) is 13.0 Å². The molecule has 3 heteroatoms. The summed E-state index contributed by atoms with van der Waals surface area (Å²) in [6.07, 6.45) is 0.915. The zero-order chi connectivity index (χ0) is 12.8. The van der Waals surface area contributed by atoms with Gasteiger partial charge in [0.1, 0.15) is 0 Å². The summed E-state index contributed by atoms with van der Waals surface area (Å²) in [4.78, 5) is 10.4. The maximum absolute atomic E-state index is 10.4. The van der Waals surface area contributed by atoms with Crippen molar-refractivity contribution in [3.8, 4) is 0 Å². The Labute approximate surface area is 103 Å². The number of carboxylic acid groups (broad SMARTS) is 1. The van der Waals surface area contributed by atoms with Gasteiger partial charge in [0.25, 0.3) is 0 Å².